The predicted octanol–water partition coefficient (Wildman–Crippen LogP) is 2.34. The second kappa shape index (κ2) is 7.62. The Morgan fingerprint density at radius 2 is 2.13 bits per heavy atom. The number of ether oxygens (including phenoxy) is 1. The molecule has 5 nitrogen and oxygen atoms in total. The minimum atomic E-state index is -0.458. The lowest BCUT2D eigenvalue weighted by molar-refractivity contribution is 0.0592. The van der Waals surface area contributed by atoms with Crippen LogP contribution in [0.3, 0.4) is 0 Å². The second-order valence-electron chi connectivity index (χ2n) is 6.34. The number of piperidine rings is 1. The molecule has 1 aliphatic heterocycles. The molecule has 1 aliphatic rings. The van der Waals surface area contributed by atoms with E-state index in [4.69, 9.17) is 4.74 Å². The van der Waals surface area contributed by atoms with Gasteiger partial charge in [0, 0.05) is 12.7 Å². The van der Waals surface area contributed by atoms with Gasteiger partial charge in [-0.25, -0.2) is 0 Å². The van der Waals surface area contributed by atoms with E-state index in [0.717, 1.165) is 37.2 Å². The Morgan fingerprint density at radius 3 is 2.83 bits per heavy atom. The van der Waals surface area contributed by atoms with Crippen molar-refractivity contribution < 1.29 is 9.84 Å². The molecule has 1 fully saturated rings. The number of aliphatic hydroxyl groups is 1. The van der Waals surface area contributed by atoms with Crippen LogP contribution >= 0.6 is 0 Å². The van der Waals surface area contributed by atoms with Gasteiger partial charge in [-0.3, -0.25) is 5.10 Å². The van der Waals surface area contributed by atoms with Crippen LogP contribution in [0, 0.1) is 6.92 Å². The number of benzene rings is 1. The van der Waals surface area contributed by atoms with Gasteiger partial charge in [-0.15, -0.1) is 0 Å². The number of hydrogen-bond donors (Lipinski definition) is 2. The van der Waals surface area contributed by atoms with Crippen LogP contribution in [0.25, 0.3) is 0 Å². The number of para-hydroxylation sites is 1. The van der Waals surface area contributed by atoms with E-state index < -0.39 is 6.10 Å². The molecular formula is C18H25N3O2. The van der Waals surface area contributed by atoms with E-state index in [1.165, 1.54) is 5.56 Å². The van der Waals surface area contributed by atoms with E-state index in [1.54, 1.807) is 0 Å². The van der Waals surface area contributed by atoms with Crippen LogP contribution in [0.1, 0.15) is 29.9 Å². The van der Waals surface area contributed by atoms with E-state index in [0.29, 0.717) is 19.1 Å². The fourth-order valence-electron chi connectivity index (χ4n) is 3.19. The van der Waals surface area contributed by atoms with Gasteiger partial charge in [0.05, 0.1) is 6.20 Å². The van der Waals surface area contributed by atoms with Gasteiger partial charge in [0.25, 0.3) is 0 Å². The average molecular weight is 315 g/mol. The van der Waals surface area contributed by atoms with Crippen molar-refractivity contribution in [2.24, 2.45) is 0 Å². The van der Waals surface area contributed by atoms with Gasteiger partial charge < -0.3 is 14.7 Å². The SMILES string of the molecule is Cc1ccccc1OC[C@H](O)CN1CCC(c2cn[nH]c2)CC1. The molecule has 0 spiro atoms. The van der Waals surface area contributed by atoms with E-state index in [1.807, 2.05) is 43.6 Å². The van der Waals surface area contributed by atoms with Crippen molar-refractivity contribution in [1.82, 2.24) is 15.1 Å². The highest BCUT2D eigenvalue weighted by atomic mass is 16.5. The molecule has 2 aromatic rings. The molecule has 1 saturated heterocycles. The summed E-state index contributed by atoms with van der Waals surface area (Å²) in [4.78, 5) is 2.32. The van der Waals surface area contributed by atoms with Crippen molar-refractivity contribution in [3.63, 3.8) is 0 Å². The predicted molar refractivity (Wildman–Crippen MR) is 89.7 cm³/mol. The summed E-state index contributed by atoms with van der Waals surface area (Å²) in [6.45, 7) is 5.05. The molecule has 2 N–H and O–H groups in total. The number of aromatic nitrogens is 2. The molecule has 1 aromatic carbocycles. The summed E-state index contributed by atoms with van der Waals surface area (Å²) >= 11 is 0. The van der Waals surface area contributed by atoms with E-state index >= 15 is 0 Å². The molecule has 2 heterocycles. The number of rotatable bonds is 6. The zero-order valence-corrected chi connectivity index (χ0v) is 13.6. The fourth-order valence-corrected chi connectivity index (χ4v) is 3.19. The van der Waals surface area contributed by atoms with Crippen LogP contribution in [0.2, 0.25) is 0 Å². The quantitative estimate of drug-likeness (QED) is 0.859. The summed E-state index contributed by atoms with van der Waals surface area (Å²) in [5.41, 5.74) is 2.40. The van der Waals surface area contributed by atoms with Crippen LogP contribution in [0.5, 0.6) is 5.75 Å². The topological polar surface area (TPSA) is 61.4 Å². The maximum absolute atomic E-state index is 10.2. The third-order valence-electron chi connectivity index (χ3n) is 4.57. The van der Waals surface area contributed by atoms with Gasteiger partial charge in [0.1, 0.15) is 18.5 Å². The summed E-state index contributed by atoms with van der Waals surface area (Å²) in [6.07, 6.45) is 5.69. The molecule has 23 heavy (non-hydrogen) atoms. The second-order valence-corrected chi connectivity index (χ2v) is 6.34. The van der Waals surface area contributed by atoms with Gasteiger partial charge in [0.2, 0.25) is 0 Å². The van der Waals surface area contributed by atoms with Crippen molar-refractivity contribution in [3.8, 4) is 5.75 Å². The highest BCUT2D eigenvalue weighted by Crippen LogP contribution is 2.27. The van der Waals surface area contributed by atoms with E-state index in [-0.39, 0.29) is 0 Å². The molecule has 0 aliphatic carbocycles. The minimum Gasteiger partial charge on any atom is -0.491 e. The Bertz CT molecular complexity index is 592. The van der Waals surface area contributed by atoms with Crippen molar-refractivity contribution >= 4 is 0 Å². The number of aromatic amines is 1. The number of H-pyrrole nitrogens is 1. The Morgan fingerprint density at radius 1 is 1.35 bits per heavy atom. The lowest BCUT2D eigenvalue weighted by Gasteiger charge is -2.32. The van der Waals surface area contributed by atoms with Crippen LogP contribution in [-0.2, 0) is 0 Å². The van der Waals surface area contributed by atoms with Crippen molar-refractivity contribution in [3.05, 3.63) is 47.8 Å². The molecular weight excluding hydrogens is 290 g/mol. The van der Waals surface area contributed by atoms with Crippen molar-refractivity contribution in [2.75, 3.05) is 26.2 Å². The summed E-state index contributed by atoms with van der Waals surface area (Å²) in [6, 6.07) is 7.90. The summed E-state index contributed by atoms with van der Waals surface area (Å²) in [7, 11) is 0. The Kier molecular flexibility index (Phi) is 5.31. The van der Waals surface area contributed by atoms with Crippen LogP contribution in [-0.4, -0.2) is 52.5 Å². The first-order valence-electron chi connectivity index (χ1n) is 8.30. The normalized spacial score (nSPS) is 18.0. The molecule has 1 atom stereocenters. The van der Waals surface area contributed by atoms with E-state index in [9.17, 15) is 5.11 Å². The first kappa shape index (κ1) is 16.0. The summed E-state index contributed by atoms with van der Waals surface area (Å²) in [5.74, 6) is 1.44. The minimum absolute atomic E-state index is 0.340. The lowest BCUT2D eigenvalue weighted by Crippen LogP contribution is -2.40. The molecule has 1 aromatic heterocycles. The Hall–Kier alpha value is -1.85. The smallest absolute Gasteiger partial charge is 0.122 e. The van der Waals surface area contributed by atoms with Crippen LogP contribution in [0.15, 0.2) is 36.7 Å². The maximum atomic E-state index is 10.2. The maximum Gasteiger partial charge on any atom is 0.122 e. The molecule has 0 unspecified atom stereocenters. The van der Waals surface area contributed by atoms with Crippen LogP contribution < -0.4 is 4.74 Å². The molecule has 3 rings (SSSR count). The third-order valence-corrected chi connectivity index (χ3v) is 4.57. The third kappa shape index (κ3) is 4.33. The largest absolute Gasteiger partial charge is 0.491 e. The standard InChI is InChI=1S/C18H25N3O2/c1-14-4-2-3-5-18(14)23-13-17(22)12-21-8-6-15(7-9-21)16-10-19-20-11-16/h2-5,10-11,15,17,22H,6-9,12-13H2,1H3,(H,19,20)/t17-/m1/s1. The molecule has 5 heteroatoms. The van der Waals surface area contributed by atoms with Gasteiger partial charge >= 0.3 is 0 Å². The zero-order valence-electron chi connectivity index (χ0n) is 13.6. The van der Waals surface area contributed by atoms with E-state index in [2.05, 4.69) is 15.1 Å². The fraction of sp³-hybridized carbons (Fsp3) is 0.500. The number of β-amino-alcohol motifs (C(OH)–C–C–N with tert-alkyl or cyclic N) is 1. The number of nitrogens with one attached hydrogen (secondary N) is 1. The number of hydrogen-bond acceptors (Lipinski definition) is 4. The van der Waals surface area contributed by atoms with Crippen molar-refractivity contribution in [2.45, 2.75) is 31.8 Å². The Labute approximate surface area is 137 Å². The molecule has 0 saturated carbocycles. The number of aryl methyl sites for hydroxylation is 1. The highest BCUT2D eigenvalue weighted by molar-refractivity contribution is 5.31. The monoisotopic (exact) mass is 315 g/mol. The number of aliphatic hydroxyl groups excluding tert-OH is 1. The lowest BCUT2D eigenvalue weighted by atomic mass is 9.91. The van der Waals surface area contributed by atoms with Gasteiger partial charge in [-0.1, -0.05) is 18.2 Å². The molecule has 0 amide bonds. The number of nitrogens with zero attached hydrogens (tertiary/aromatic N) is 2. The average Bonchev–Trinajstić information content (AvgIpc) is 3.09. The summed E-state index contributed by atoms with van der Waals surface area (Å²) < 4.78 is 5.73. The van der Waals surface area contributed by atoms with Crippen molar-refractivity contribution in [1.29, 1.82) is 0 Å². The van der Waals surface area contributed by atoms with Gasteiger partial charge in [-0.05, 0) is 56.0 Å². The highest BCUT2D eigenvalue weighted by Gasteiger charge is 2.22. The van der Waals surface area contributed by atoms with Gasteiger partial charge in [-0.2, -0.15) is 5.10 Å². The first-order valence-corrected chi connectivity index (χ1v) is 8.30. The first-order chi connectivity index (χ1) is 11.2. The molecule has 124 valence electrons. The molecule has 0 radical (unpaired) electrons. The Balaban J connectivity index is 1.41. The molecule has 0 bridgehead atoms. The van der Waals surface area contributed by atoms with Gasteiger partial charge in [0.15, 0.2) is 0 Å². The summed E-state index contributed by atoms with van der Waals surface area (Å²) in [5, 5.41) is 17.1. The van der Waals surface area contributed by atoms with Crippen LogP contribution in [0.4, 0.5) is 0 Å². The number of likely N-dealkylation sites (tertiary alicyclic amines) is 1. The zero-order chi connectivity index (χ0) is 16.1.